The molecule has 0 aliphatic heterocycles. The van der Waals surface area contributed by atoms with Crippen molar-refractivity contribution in [1.29, 1.82) is 0 Å². The molecular formula is C63H80F8N4O2+4. The van der Waals surface area contributed by atoms with Gasteiger partial charge in [0.2, 0.25) is 17.4 Å². The third-order valence-electron chi connectivity index (χ3n) is 13.0. The Labute approximate surface area is 452 Å². The molecule has 1 aliphatic rings. The molecule has 14 heteroatoms. The number of hydrogen-bond acceptors (Lipinski definition) is 2. The maximum atomic E-state index is 16.5. The van der Waals surface area contributed by atoms with Crippen molar-refractivity contribution in [2.45, 2.75) is 98.0 Å². The highest BCUT2D eigenvalue weighted by atomic mass is 19.2. The number of ether oxygens (including phenoxy) is 2. The predicted molar refractivity (Wildman–Crippen MR) is 293 cm³/mol. The van der Waals surface area contributed by atoms with E-state index in [-0.39, 0.29) is 16.8 Å². The van der Waals surface area contributed by atoms with E-state index in [0.29, 0.717) is 38.6 Å². The van der Waals surface area contributed by atoms with E-state index in [0.717, 1.165) is 55.8 Å². The Bertz CT molecular complexity index is 3090. The second kappa shape index (κ2) is 21.1. The second-order valence-corrected chi connectivity index (χ2v) is 26.5. The Morgan fingerprint density at radius 2 is 0.766 bits per heavy atom. The van der Waals surface area contributed by atoms with Gasteiger partial charge in [-0.1, -0.05) is 71.0 Å². The van der Waals surface area contributed by atoms with E-state index in [1.165, 1.54) is 26.8 Å². The first-order valence-corrected chi connectivity index (χ1v) is 26.1. The Morgan fingerprint density at radius 3 is 1.12 bits per heavy atom. The number of quaternary nitrogens is 4. The number of halogens is 8. The molecule has 0 bridgehead atoms. The lowest BCUT2D eigenvalue weighted by atomic mass is 9.66. The molecule has 0 amide bonds. The smallest absolute Gasteiger partial charge is 0.205 e. The molecule has 0 fully saturated rings. The van der Waals surface area contributed by atoms with Crippen molar-refractivity contribution in [3.05, 3.63) is 169 Å². The highest BCUT2D eigenvalue weighted by Crippen LogP contribution is 2.58. The van der Waals surface area contributed by atoms with Gasteiger partial charge in [-0.15, -0.1) is 0 Å². The SMILES string of the molecule is CC.CC(C)(C)Oc1ccc(C2(c3ccc(Oc4c(F)c(F)c(-c5c(F)c(F)c(C(C)(C)C)c(F)c5F)c(F)c4F)c(C[N+](C)(C)C)c3)c3cc(C[N+](C)(C)C)ccc3-c3ccc(C[N+](C)(C)C)cc32)cc1C[N+](C)(C)C. The van der Waals surface area contributed by atoms with Crippen LogP contribution in [0.4, 0.5) is 35.1 Å². The van der Waals surface area contributed by atoms with E-state index in [1.54, 1.807) is 6.07 Å². The van der Waals surface area contributed by atoms with E-state index in [2.05, 4.69) is 112 Å². The summed E-state index contributed by atoms with van der Waals surface area (Å²) in [6.07, 6.45) is 0. The number of fused-ring (bicyclic) bond motifs is 3. The van der Waals surface area contributed by atoms with Gasteiger partial charge >= 0.3 is 0 Å². The van der Waals surface area contributed by atoms with Crippen LogP contribution in [0.1, 0.15) is 105 Å². The largest absolute Gasteiger partial charge is 0.488 e. The first-order valence-electron chi connectivity index (χ1n) is 26.1. The minimum Gasteiger partial charge on any atom is -0.488 e. The zero-order chi connectivity index (χ0) is 58.1. The first kappa shape index (κ1) is 60.4. The molecule has 0 spiro atoms. The van der Waals surface area contributed by atoms with Crippen molar-refractivity contribution >= 4 is 0 Å². The van der Waals surface area contributed by atoms with Gasteiger partial charge in [0.05, 0.1) is 101 Å². The van der Waals surface area contributed by atoms with Gasteiger partial charge in [0, 0.05) is 27.8 Å². The van der Waals surface area contributed by atoms with Crippen molar-refractivity contribution in [2.75, 3.05) is 84.6 Å². The number of nitrogens with zero attached hydrogens (tertiary/aromatic N) is 4. The van der Waals surface area contributed by atoms with Crippen LogP contribution in [0.5, 0.6) is 17.2 Å². The standard InChI is InChI=1S/C61H74F8N4O2.C2H6/c1-59(2,3)49-54(66)50(62)47(51(63)55(49)67)48-52(64)56(68)58(57(69)53(48)65)74-45-25-21-39(29-37(45)33-72(13,14)15)61(40-22-26-46(75-60(4,5)6)38(30-40)34-73(16,17)18)43-27-35(31-70(7,8)9)19-23-41(43)42-24-20-36(28-44(42)61)32-71(10,11)12;1-2/h19-30H,31-34H2,1-18H3;1-2H3/q+4;. The van der Waals surface area contributed by atoms with Crippen molar-refractivity contribution in [2.24, 2.45) is 0 Å². The fourth-order valence-electron chi connectivity index (χ4n) is 10.5. The van der Waals surface area contributed by atoms with E-state index in [4.69, 9.17) is 9.47 Å². The highest BCUT2D eigenvalue weighted by molar-refractivity contribution is 5.87. The number of rotatable bonds is 14. The monoisotopic (exact) mass is 1080 g/mol. The minimum atomic E-state index is -2.31. The maximum Gasteiger partial charge on any atom is 0.205 e. The van der Waals surface area contributed by atoms with Crippen LogP contribution in [0.15, 0.2) is 72.8 Å². The summed E-state index contributed by atoms with van der Waals surface area (Å²) in [5, 5.41) is 0. The third kappa shape index (κ3) is 12.6. The van der Waals surface area contributed by atoms with Gasteiger partial charge in [-0.05, 0) is 96.0 Å². The third-order valence-corrected chi connectivity index (χ3v) is 13.0. The molecular weight excluding hydrogens is 997 g/mol. The van der Waals surface area contributed by atoms with Gasteiger partial charge in [-0.25, -0.2) is 26.3 Å². The lowest BCUT2D eigenvalue weighted by Gasteiger charge is -2.37. The average Bonchev–Trinajstić information content (AvgIpc) is 3.55. The molecule has 416 valence electrons. The van der Waals surface area contributed by atoms with Crippen LogP contribution in [0, 0.1) is 46.5 Å². The summed E-state index contributed by atoms with van der Waals surface area (Å²) in [7, 11) is 24.8. The summed E-state index contributed by atoms with van der Waals surface area (Å²) in [4.78, 5) is 0. The summed E-state index contributed by atoms with van der Waals surface area (Å²) in [5.41, 5.74) is 1.18. The predicted octanol–water partition coefficient (Wildman–Crippen LogP) is 14.9. The molecule has 1 aliphatic carbocycles. The Hall–Kier alpha value is -5.80. The van der Waals surface area contributed by atoms with Gasteiger partial charge in [0.15, 0.2) is 34.9 Å². The Balaban J connectivity index is 0.00000475. The molecule has 0 saturated heterocycles. The molecule has 7 rings (SSSR count). The van der Waals surface area contributed by atoms with E-state index in [1.807, 2.05) is 67.9 Å². The lowest BCUT2D eigenvalue weighted by Crippen LogP contribution is -2.36. The Kier molecular flexibility index (Phi) is 16.6. The normalized spacial score (nSPS) is 13.8. The van der Waals surface area contributed by atoms with Crippen LogP contribution >= 0.6 is 0 Å². The molecule has 0 aromatic heterocycles. The molecule has 6 nitrogen and oxygen atoms in total. The molecule has 0 heterocycles. The summed E-state index contributed by atoms with van der Waals surface area (Å²) >= 11 is 0. The summed E-state index contributed by atoms with van der Waals surface area (Å²) < 4.78 is 142. The van der Waals surface area contributed by atoms with Crippen molar-refractivity contribution in [3.8, 4) is 39.5 Å². The topological polar surface area (TPSA) is 18.5 Å². The van der Waals surface area contributed by atoms with Gasteiger partial charge in [0.1, 0.15) is 43.3 Å². The second-order valence-electron chi connectivity index (χ2n) is 26.5. The zero-order valence-electron chi connectivity index (χ0n) is 48.9. The van der Waals surface area contributed by atoms with Crippen molar-refractivity contribution < 1.29 is 62.5 Å². The maximum absolute atomic E-state index is 16.5. The molecule has 6 aromatic carbocycles. The number of benzene rings is 6. The van der Waals surface area contributed by atoms with Crippen LogP contribution in [0.3, 0.4) is 0 Å². The van der Waals surface area contributed by atoms with Crippen LogP contribution < -0.4 is 9.47 Å². The summed E-state index contributed by atoms with van der Waals surface area (Å²) in [5.74, 6) is -18.3. The average molecular weight is 1080 g/mol. The molecule has 0 saturated carbocycles. The summed E-state index contributed by atoms with van der Waals surface area (Å²) in [6.45, 7) is 16.0. The summed E-state index contributed by atoms with van der Waals surface area (Å²) in [6, 6.07) is 24.7. The molecule has 0 atom stereocenters. The molecule has 6 aromatic rings. The quantitative estimate of drug-likeness (QED) is 0.0614. The highest BCUT2D eigenvalue weighted by Gasteiger charge is 2.48. The fraction of sp³-hybridized carbons (Fsp3) is 0.429. The lowest BCUT2D eigenvalue weighted by molar-refractivity contribution is -0.884. The fourth-order valence-corrected chi connectivity index (χ4v) is 10.5. The van der Waals surface area contributed by atoms with Crippen molar-refractivity contribution in [1.82, 2.24) is 0 Å². The van der Waals surface area contributed by atoms with Crippen LogP contribution in [-0.4, -0.2) is 108 Å². The molecule has 0 N–H and O–H groups in total. The first-order chi connectivity index (χ1) is 35.2. The molecule has 77 heavy (non-hydrogen) atoms. The zero-order valence-corrected chi connectivity index (χ0v) is 48.9. The van der Waals surface area contributed by atoms with Gasteiger partial charge < -0.3 is 27.4 Å². The van der Waals surface area contributed by atoms with Gasteiger partial charge in [0.25, 0.3) is 0 Å². The van der Waals surface area contributed by atoms with E-state index >= 15 is 35.1 Å². The van der Waals surface area contributed by atoms with E-state index in [9.17, 15) is 0 Å². The van der Waals surface area contributed by atoms with Gasteiger partial charge in [-0.3, -0.25) is 0 Å². The van der Waals surface area contributed by atoms with Crippen LogP contribution in [-0.2, 0) is 37.0 Å². The molecule has 0 radical (unpaired) electrons. The number of hydrogen-bond donors (Lipinski definition) is 0. The molecule has 0 unspecified atom stereocenters. The van der Waals surface area contributed by atoms with Gasteiger partial charge in [-0.2, -0.15) is 8.78 Å². The van der Waals surface area contributed by atoms with Crippen molar-refractivity contribution in [3.63, 3.8) is 0 Å². The van der Waals surface area contributed by atoms with E-state index < -0.39 is 85.4 Å². The minimum absolute atomic E-state index is 0.161. The Morgan fingerprint density at radius 1 is 0.416 bits per heavy atom. The van der Waals surface area contributed by atoms with Crippen LogP contribution in [0.25, 0.3) is 22.3 Å². The van der Waals surface area contributed by atoms with Crippen LogP contribution in [0.2, 0.25) is 0 Å².